The summed E-state index contributed by atoms with van der Waals surface area (Å²) >= 11 is 1.75. The van der Waals surface area contributed by atoms with Gasteiger partial charge >= 0.3 is 0 Å². The molecule has 0 aliphatic heterocycles. The molecule has 25 heavy (non-hydrogen) atoms. The molecule has 0 saturated heterocycles. The number of nitrogens with one attached hydrogen (secondary N) is 1. The highest BCUT2D eigenvalue weighted by molar-refractivity contribution is 7.10. The third-order valence-electron chi connectivity index (χ3n) is 5.60. The van der Waals surface area contributed by atoms with Crippen LogP contribution in [-0.4, -0.2) is 18.5 Å². The Balaban J connectivity index is 1.60. The second kappa shape index (κ2) is 8.63. The predicted molar refractivity (Wildman–Crippen MR) is 104 cm³/mol. The number of rotatable bonds is 6. The van der Waals surface area contributed by atoms with Gasteiger partial charge in [-0.3, -0.25) is 4.79 Å². The van der Waals surface area contributed by atoms with E-state index in [1.165, 1.54) is 23.3 Å². The number of thiophene rings is 1. The van der Waals surface area contributed by atoms with Crippen LogP contribution in [0.5, 0.6) is 0 Å². The van der Waals surface area contributed by atoms with Crippen LogP contribution in [0.2, 0.25) is 0 Å². The number of nitrogens with two attached hydrogens (primary N) is 1. The fourth-order valence-electron chi connectivity index (χ4n) is 3.82. The van der Waals surface area contributed by atoms with E-state index < -0.39 is 0 Å². The van der Waals surface area contributed by atoms with Crippen molar-refractivity contribution >= 4 is 17.2 Å². The van der Waals surface area contributed by atoms with Crippen LogP contribution in [0.4, 0.5) is 0 Å². The summed E-state index contributed by atoms with van der Waals surface area (Å²) in [5.41, 5.74) is 1.25. The normalized spacial score (nSPS) is 24.6. The maximum Gasteiger partial charge on any atom is 0.275 e. The highest BCUT2D eigenvalue weighted by atomic mass is 32.1. The number of amides is 1. The fourth-order valence-corrected chi connectivity index (χ4v) is 4.67. The van der Waals surface area contributed by atoms with E-state index in [0.717, 1.165) is 6.42 Å². The molecule has 3 nitrogen and oxygen atoms in total. The van der Waals surface area contributed by atoms with Crippen molar-refractivity contribution in [2.45, 2.75) is 45.2 Å². The minimum Gasteiger partial charge on any atom is -0.348 e. The van der Waals surface area contributed by atoms with E-state index in [-0.39, 0.29) is 11.9 Å². The molecule has 4 heteroatoms. The van der Waals surface area contributed by atoms with Crippen LogP contribution in [0.3, 0.4) is 0 Å². The average molecular weight is 358 g/mol. The molecule has 1 aliphatic carbocycles. The molecule has 3 N–H and O–H groups in total. The molecule has 1 aromatic heterocycles. The Bertz CT molecular complexity index is 656. The monoisotopic (exact) mass is 357 g/mol. The third kappa shape index (κ3) is 4.71. The highest BCUT2D eigenvalue weighted by Crippen LogP contribution is 2.29. The van der Waals surface area contributed by atoms with Gasteiger partial charge in [-0.15, -0.1) is 11.3 Å². The maximum absolute atomic E-state index is 12.5. The van der Waals surface area contributed by atoms with Gasteiger partial charge in [0.05, 0.1) is 4.88 Å². The molecule has 1 saturated carbocycles. The number of hydrogen-bond acceptors (Lipinski definition) is 2. The second-order valence-electron chi connectivity index (χ2n) is 7.28. The molecule has 1 amide bonds. The maximum atomic E-state index is 12.5. The van der Waals surface area contributed by atoms with Crippen LogP contribution < -0.4 is 10.6 Å². The Morgan fingerprint density at radius 2 is 2.00 bits per heavy atom. The molecule has 0 unspecified atom stereocenters. The first-order valence-electron chi connectivity index (χ1n) is 9.36. The van der Waals surface area contributed by atoms with Crippen molar-refractivity contribution in [3.05, 3.63) is 58.3 Å². The zero-order valence-corrected chi connectivity index (χ0v) is 16.0. The fraction of sp³-hybridized carbons (Fsp3) is 0.476. The molecule has 0 radical (unpaired) electrons. The van der Waals surface area contributed by atoms with Crippen LogP contribution in [0, 0.1) is 11.8 Å². The smallest absolute Gasteiger partial charge is 0.275 e. The Hall–Kier alpha value is -1.65. The van der Waals surface area contributed by atoms with Gasteiger partial charge in [0.15, 0.2) is 6.54 Å². The van der Waals surface area contributed by atoms with E-state index in [1.54, 1.807) is 11.3 Å². The van der Waals surface area contributed by atoms with E-state index in [4.69, 9.17) is 0 Å². The number of hydrogen-bond donors (Lipinski definition) is 2. The number of carbonyl (C=O) groups excluding carboxylic acids is 1. The summed E-state index contributed by atoms with van der Waals surface area (Å²) in [6, 6.07) is 15.2. The lowest BCUT2D eigenvalue weighted by Crippen LogP contribution is -2.87. The summed E-state index contributed by atoms with van der Waals surface area (Å²) < 4.78 is 0. The summed E-state index contributed by atoms with van der Waals surface area (Å²) in [6.07, 6.45) is 3.63. The number of carbonyl (C=O) groups is 1. The molecule has 1 aromatic carbocycles. The van der Waals surface area contributed by atoms with E-state index in [9.17, 15) is 4.79 Å². The summed E-state index contributed by atoms with van der Waals surface area (Å²) in [7, 11) is 0. The lowest BCUT2D eigenvalue weighted by atomic mass is 9.78. The zero-order valence-electron chi connectivity index (χ0n) is 15.2. The highest BCUT2D eigenvalue weighted by Gasteiger charge is 2.29. The van der Waals surface area contributed by atoms with Gasteiger partial charge in [-0.25, -0.2) is 0 Å². The van der Waals surface area contributed by atoms with E-state index >= 15 is 0 Å². The Kier molecular flexibility index (Phi) is 6.27. The number of quaternary nitrogens is 1. The van der Waals surface area contributed by atoms with E-state index in [0.29, 0.717) is 24.4 Å². The van der Waals surface area contributed by atoms with Crippen LogP contribution in [0.25, 0.3) is 0 Å². The molecule has 134 valence electrons. The minimum atomic E-state index is 0.156. The number of benzene rings is 1. The standard InChI is InChI=1S/C21H28N2OS/c1-15-8-6-11-18(16(15)2)23-20(24)14-22-21(19-12-7-13-25-19)17-9-4-3-5-10-17/h3-5,7,9-10,12-13,15-16,18,21-22H,6,8,11,14H2,1-2H3,(H,23,24)/p+1/t15-,16-,18+,21+/m1/s1. The van der Waals surface area contributed by atoms with Crippen LogP contribution in [-0.2, 0) is 4.79 Å². The Morgan fingerprint density at radius 3 is 2.72 bits per heavy atom. The van der Waals surface area contributed by atoms with E-state index in [1.807, 2.05) is 6.07 Å². The SMILES string of the molecule is C[C@@H]1[C@H](C)CCC[C@@H]1NC(=O)C[NH2+][C@@H](c1ccccc1)c1cccs1. The molecule has 1 fully saturated rings. The molecule has 1 aliphatic rings. The van der Waals surface area contributed by atoms with Crippen molar-refractivity contribution in [1.29, 1.82) is 0 Å². The summed E-state index contributed by atoms with van der Waals surface area (Å²) in [4.78, 5) is 13.8. The summed E-state index contributed by atoms with van der Waals surface area (Å²) in [5, 5.41) is 7.55. The van der Waals surface area contributed by atoms with Gasteiger partial charge in [0.2, 0.25) is 0 Å². The quantitative estimate of drug-likeness (QED) is 0.818. The lowest BCUT2D eigenvalue weighted by Gasteiger charge is -2.34. The van der Waals surface area contributed by atoms with Gasteiger partial charge < -0.3 is 10.6 Å². The van der Waals surface area contributed by atoms with Gasteiger partial charge in [-0.1, -0.05) is 63.1 Å². The Morgan fingerprint density at radius 1 is 1.20 bits per heavy atom. The lowest BCUT2D eigenvalue weighted by molar-refractivity contribution is -0.676. The molecule has 4 atom stereocenters. The average Bonchev–Trinajstić information content (AvgIpc) is 3.14. The van der Waals surface area contributed by atoms with Crippen molar-refractivity contribution in [2.24, 2.45) is 11.8 Å². The first-order valence-corrected chi connectivity index (χ1v) is 10.2. The van der Waals surface area contributed by atoms with Gasteiger partial charge in [-0.2, -0.15) is 0 Å². The van der Waals surface area contributed by atoms with E-state index in [2.05, 4.69) is 66.3 Å². The van der Waals surface area contributed by atoms with Gasteiger partial charge in [0.25, 0.3) is 5.91 Å². The van der Waals surface area contributed by atoms with Crippen molar-refractivity contribution in [3.63, 3.8) is 0 Å². The third-order valence-corrected chi connectivity index (χ3v) is 6.56. The van der Waals surface area contributed by atoms with Crippen molar-refractivity contribution in [2.75, 3.05) is 6.54 Å². The van der Waals surface area contributed by atoms with Crippen LogP contribution in [0.15, 0.2) is 47.8 Å². The molecule has 1 heterocycles. The van der Waals surface area contributed by atoms with Gasteiger partial charge in [0, 0.05) is 11.6 Å². The van der Waals surface area contributed by atoms with Crippen molar-refractivity contribution in [3.8, 4) is 0 Å². The molecular weight excluding hydrogens is 328 g/mol. The van der Waals surface area contributed by atoms with Crippen molar-refractivity contribution < 1.29 is 10.1 Å². The van der Waals surface area contributed by atoms with Gasteiger partial charge in [0.1, 0.15) is 6.04 Å². The zero-order chi connectivity index (χ0) is 17.6. The first kappa shape index (κ1) is 18.2. The van der Waals surface area contributed by atoms with Crippen LogP contribution in [0.1, 0.15) is 49.6 Å². The van der Waals surface area contributed by atoms with Gasteiger partial charge in [-0.05, 0) is 29.7 Å². The summed E-state index contributed by atoms with van der Waals surface area (Å²) in [5.74, 6) is 1.43. The molecule has 0 spiro atoms. The minimum absolute atomic E-state index is 0.156. The summed E-state index contributed by atoms with van der Waals surface area (Å²) in [6.45, 7) is 5.04. The molecule has 2 aromatic rings. The predicted octanol–water partition coefficient (Wildman–Crippen LogP) is 3.34. The molecular formula is C21H29N2OS+. The molecule has 3 rings (SSSR count). The first-order chi connectivity index (χ1) is 12.1. The second-order valence-corrected chi connectivity index (χ2v) is 8.26. The molecule has 0 bridgehead atoms. The van der Waals surface area contributed by atoms with Crippen molar-refractivity contribution in [1.82, 2.24) is 5.32 Å². The van der Waals surface area contributed by atoms with Crippen LogP contribution >= 0.6 is 11.3 Å². The Labute approximate surface area is 154 Å². The topological polar surface area (TPSA) is 45.7 Å². The largest absolute Gasteiger partial charge is 0.348 e.